The van der Waals surface area contributed by atoms with Gasteiger partial charge in [0.05, 0.1) is 47.6 Å². The summed E-state index contributed by atoms with van der Waals surface area (Å²) in [6.45, 7) is 3.45. The number of nitrogens with zero attached hydrogens (tertiary/aromatic N) is 3. The monoisotopic (exact) mass is 353 g/mol. The third kappa shape index (κ3) is 4.32. The number of rotatable bonds is 5. The Morgan fingerprint density at radius 2 is 1.96 bits per heavy atom. The third-order valence-electron chi connectivity index (χ3n) is 3.69. The summed E-state index contributed by atoms with van der Waals surface area (Å²) < 4.78 is 6.98. The molecule has 1 aliphatic rings. The van der Waals surface area contributed by atoms with Gasteiger partial charge in [-0.25, -0.2) is 4.68 Å². The van der Waals surface area contributed by atoms with Crippen LogP contribution in [0.25, 0.3) is 5.69 Å². The van der Waals surface area contributed by atoms with E-state index < -0.39 is 0 Å². The number of carbonyl (C=O) groups is 1. The first kappa shape index (κ1) is 16.5. The van der Waals surface area contributed by atoms with E-state index in [1.807, 2.05) is 18.3 Å². The highest BCUT2D eigenvalue weighted by molar-refractivity contribution is 6.42. The average Bonchev–Trinajstić information content (AvgIpc) is 2.99. The molecule has 0 aliphatic carbocycles. The van der Waals surface area contributed by atoms with E-state index in [0.29, 0.717) is 36.2 Å². The second kappa shape index (κ2) is 7.45. The van der Waals surface area contributed by atoms with Crippen molar-refractivity contribution in [3.63, 3.8) is 0 Å². The first-order valence-electron chi connectivity index (χ1n) is 7.43. The first-order valence-corrected chi connectivity index (χ1v) is 8.19. The summed E-state index contributed by atoms with van der Waals surface area (Å²) in [5.74, 6) is 0.159. The van der Waals surface area contributed by atoms with Gasteiger partial charge in [-0.15, -0.1) is 0 Å². The van der Waals surface area contributed by atoms with Gasteiger partial charge in [-0.2, -0.15) is 5.10 Å². The lowest BCUT2D eigenvalue weighted by Gasteiger charge is -2.25. The van der Waals surface area contributed by atoms with Crippen molar-refractivity contribution in [1.29, 1.82) is 0 Å². The maximum atomic E-state index is 12.2. The van der Waals surface area contributed by atoms with Gasteiger partial charge in [0.2, 0.25) is 0 Å². The van der Waals surface area contributed by atoms with E-state index in [4.69, 9.17) is 27.9 Å². The van der Waals surface area contributed by atoms with E-state index in [1.165, 1.54) is 0 Å². The van der Waals surface area contributed by atoms with Crippen molar-refractivity contribution >= 4 is 29.0 Å². The molecule has 0 bridgehead atoms. The molecule has 5 nitrogen and oxygen atoms in total. The van der Waals surface area contributed by atoms with E-state index in [1.54, 1.807) is 16.8 Å². The molecule has 122 valence electrons. The van der Waals surface area contributed by atoms with Crippen LogP contribution in [-0.4, -0.2) is 53.3 Å². The van der Waals surface area contributed by atoms with Gasteiger partial charge in [-0.3, -0.25) is 9.69 Å². The highest BCUT2D eigenvalue weighted by Crippen LogP contribution is 2.24. The van der Waals surface area contributed by atoms with Gasteiger partial charge in [-0.1, -0.05) is 23.2 Å². The Hall–Kier alpha value is -1.40. The van der Waals surface area contributed by atoms with E-state index >= 15 is 0 Å². The first-order chi connectivity index (χ1) is 11.1. The summed E-state index contributed by atoms with van der Waals surface area (Å²) >= 11 is 11.9. The van der Waals surface area contributed by atoms with E-state index in [9.17, 15) is 4.79 Å². The van der Waals surface area contributed by atoms with Crippen LogP contribution in [0.15, 0.2) is 30.5 Å². The number of hydrogen-bond acceptors (Lipinski definition) is 4. The number of hydrogen-bond donors (Lipinski definition) is 0. The zero-order valence-electron chi connectivity index (χ0n) is 12.5. The molecule has 0 atom stereocenters. The highest BCUT2D eigenvalue weighted by Gasteiger charge is 2.15. The second-order valence-electron chi connectivity index (χ2n) is 5.45. The predicted octanol–water partition coefficient (Wildman–Crippen LogP) is 2.62. The topological polar surface area (TPSA) is 47.4 Å². The smallest absolute Gasteiger partial charge is 0.152 e. The average molecular weight is 354 g/mol. The number of morpholine rings is 1. The van der Waals surface area contributed by atoms with Crippen LogP contribution in [0.5, 0.6) is 0 Å². The zero-order chi connectivity index (χ0) is 16.2. The maximum Gasteiger partial charge on any atom is 0.152 e. The van der Waals surface area contributed by atoms with Crippen molar-refractivity contribution in [3.05, 3.63) is 46.2 Å². The zero-order valence-corrected chi connectivity index (χ0v) is 14.1. The van der Waals surface area contributed by atoms with Crippen LogP contribution in [0.2, 0.25) is 10.0 Å². The Balaban J connectivity index is 1.62. The molecule has 1 aromatic heterocycles. The van der Waals surface area contributed by atoms with Crippen molar-refractivity contribution in [3.8, 4) is 5.69 Å². The van der Waals surface area contributed by atoms with Crippen LogP contribution in [0, 0.1) is 0 Å². The number of ether oxygens (including phenoxy) is 1. The molecule has 0 spiro atoms. The van der Waals surface area contributed by atoms with Crippen LogP contribution in [-0.2, 0) is 16.0 Å². The molecule has 0 amide bonds. The Morgan fingerprint density at radius 3 is 2.70 bits per heavy atom. The van der Waals surface area contributed by atoms with Crippen molar-refractivity contribution in [2.45, 2.75) is 6.42 Å². The van der Waals surface area contributed by atoms with Crippen molar-refractivity contribution in [2.24, 2.45) is 0 Å². The number of benzene rings is 1. The van der Waals surface area contributed by atoms with Gasteiger partial charge >= 0.3 is 0 Å². The minimum atomic E-state index is 0.159. The molecule has 2 aromatic rings. The fourth-order valence-electron chi connectivity index (χ4n) is 2.49. The number of carbonyl (C=O) groups excluding carboxylic acids is 1. The Labute approximate surface area is 144 Å². The lowest BCUT2D eigenvalue weighted by atomic mass is 10.2. The molecule has 0 unspecified atom stereocenters. The number of ketones is 1. The Bertz CT molecular complexity index is 696. The van der Waals surface area contributed by atoms with E-state index in [-0.39, 0.29) is 5.78 Å². The van der Waals surface area contributed by atoms with E-state index in [2.05, 4.69) is 10.00 Å². The molecule has 0 saturated carbocycles. The lowest BCUT2D eigenvalue weighted by Crippen LogP contribution is -2.39. The normalized spacial score (nSPS) is 15.7. The van der Waals surface area contributed by atoms with Gasteiger partial charge in [0.1, 0.15) is 0 Å². The molecule has 2 heterocycles. The molecule has 0 radical (unpaired) electrons. The van der Waals surface area contributed by atoms with Crippen LogP contribution < -0.4 is 0 Å². The lowest BCUT2D eigenvalue weighted by molar-refractivity contribution is -0.120. The number of halogens is 2. The SMILES string of the molecule is O=C(Cc1ccn(-c2ccc(Cl)c(Cl)c2)n1)CN1CCOCC1. The molecule has 23 heavy (non-hydrogen) atoms. The molecule has 7 heteroatoms. The molecule has 1 aliphatic heterocycles. The molecular formula is C16H17Cl2N3O2. The molecule has 3 rings (SSSR count). The van der Waals surface area contributed by atoms with Gasteiger partial charge in [0, 0.05) is 19.3 Å². The minimum Gasteiger partial charge on any atom is -0.379 e. The summed E-state index contributed by atoms with van der Waals surface area (Å²) in [6.07, 6.45) is 2.14. The van der Waals surface area contributed by atoms with Crippen molar-refractivity contribution < 1.29 is 9.53 Å². The standard InChI is InChI=1S/C16H17Cl2N3O2/c17-15-2-1-13(10-16(15)18)21-4-3-12(19-21)9-14(22)11-20-5-7-23-8-6-20/h1-4,10H,5-9,11H2. The largest absolute Gasteiger partial charge is 0.379 e. The maximum absolute atomic E-state index is 12.2. The second-order valence-corrected chi connectivity index (χ2v) is 6.27. The Morgan fingerprint density at radius 1 is 1.17 bits per heavy atom. The quantitative estimate of drug-likeness (QED) is 0.828. The minimum absolute atomic E-state index is 0.159. The summed E-state index contributed by atoms with van der Waals surface area (Å²) in [6, 6.07) is 7.15. The van der Waals surface area contributed by atoms with Crippen LogP contribution in [0.4, 0.5) is 0 Å². The fraction of sp³-hybridized carbons (Fsp3) is 0.375. The summed E-state index contributed by atoms with van der Waals surface area (Å²) in [4.78, 5) is 14.3. The summed E-state index contributed by atoms with van der Waals surface area (Å²) in [5, 5.41) is 5.41. The van der Waals surface area contributed by atoms with Crippen molar-refractivity contribution in [1.82, 2.24) is 14.7 Å². The molecule has 1 fully saturated rings. The highest BCUT2D eigenvalue weighted by atomic mass is 35.5. The van der Waals surface area contributed by atoms with Crippen LogP contribution >= 0.6 is 23.2 Å². The number of aromatic nitrogens is 2. The van der Waals surface area contributed by atoms with Crippen LogP contribution in [0.1, 0.15) is 5.69 Å². The van der Waals surface area contributed by atoms with Gasteiger partial charge in [0.25, 0.3) is 0 Å². The summed E-state index contributed by atoms with van der Waals surface area (Å²) in [5.41, 5.74) is 1.56. The van der Waals surface area contributed by atoms with E-state index in [0.717, 1.165) is 24.5 Å². The van der Waals surface area contributed by atoms with Gasteiger partial charge in [0.15, 0.2) is 5.78 Å². The van der Waals surface area contributed by atoms with Crippen molar-refractivity contribution in [2.75, 3.05) is 32.8 Å². The predicted molar refractivity (Wildman–Crippen MR) is 89.6 cm³/mol. The van der Waals surface area contributed by atoms with Gasteiger partial charge in [-0.05, 0) is 24.3 Å². The summed E-state index contributed by atoms with van der Waals surface area (Å²) in [7, 11) is 0. The molecule has 1 aromatic carbocycles. The van der Waals surface area contributed by atoms with Crippen LogP contribution in [0.3, 0.4) is 0 Å². The third-order valence-corrected chi connectivity index (χ3v) is 4.43. The van der Waals surface area contributed by atoms with Gasteiger partial charge < -0.3 is 4.74 Å². The fourth-order valence-corrected chi connectivity index (χ4v) is 2.79. The Kier molecular flexibility index (Phi) is 5.33. The number of Topliss-reactive ketones (excluding diaryl/α,β-unsaturated/α-hetero) is 1. The molecule has 0 N–H and O–H groups in total. The molecule has 1 saturated heterocycles. The molecular weight excluding hydrogens is 337 g/mol.